The molecule has 4 heteroatoms. The fraction of sp³-hybridized carbons (Fsp3) is 0.103. The largest absolute Gasteiger partial charge is 0.456 e. The summed E-state index contributed by atoms with van der Waals surface area (Å²) in [7, 11) is 0. The molecular weight excluding hydrogens is 755 g/mol. The number of hydrogen-bond acceptors (Lipinski definition) is 3. The summed E-state index contributed by atoms with van der Waals surface area (Å²) >= 11 is 0. The van der Waals surface area contributed by atoms with E-state index in [1.54, 1.807) is 0 Å². The second kappa shape index (κ2) is 13.2. The molecule has 0 fully saturated rings. The topological polar surface area (TPSA) is 24.6 Å². The summed E-state index contributed by atoms with van der Waals surface area (Å²) in [6.45, 7) is 5.40. The van der Waals surface area contributed by atoms with Gasteiger partial charge in [-0.2, -0.15) is 0 Å². The molecule has 0 saturated carbocycles. The van der Waals surface area contributed by atoms with Crippen LogP contribution in [0.15, 0.2) is 210 Å². The van der Waals surface area contributed by atoms with E-state index in [1.807, 2.05) is 0 Å². The first-order valence-electron chi connectivity index (χ1n) is 21.8. The highest BCUT2D eigenvalue weighted by Crippen LogP contribution is 2.57. The Morgan fingerprint density at radius 1 is 0.581 bits per heavy atom. The molecule has 10 aromatic rings. The number of anilines is 3. The van der Waals surface area contributed by atoms with Crippen LogP contribution >= 0.6 is 0 Å². The Bertz CT molecular complexity index is 3460. The van der Waals surface area contributed by atoms with Crippen LogP contribution in [0.3, 0.4) is 0 Å². The lowest BCUT2D eigenvalue weighted by molar-refractivity contribution is 0.639. The number of fused-ring (bicyclic) bond motifs is 12. The number of para-hydroxylation sites is 3. The van der Waals surface area contributed by atoms with Crippen LogP contribution in [-0.2, 0) is 12.0 Å². The summed E-state index contributed by atoms with van der Waals surface area (Å²) in [5.74, 6) is 0.238. The number of furan rings is 1. The standard InChI is InChI=1S/C58H43N3O/c1-58(2)49-25-10-6-20-42(49)47-34-48-45-23-7-11-26-51(45)60(54(48)35-50(47)58)40-19-14-18-39(33-40)59(61-52-27-12-8-21-43(52)44-22-9-13-28-53(44)61)36-37-30-31-46-56(32-37)62-55-29-15-24-41(57(46)55)38-16-4-3-5-17-38/h3-35,48,54H,36H2,1-2H3. The predicted molar refractivity (Wildman–Crippen MR) is 257 cm³/mol. The minimum absolute atomic E-state index is 0.0763. The summed E-state index contributed by atoms with van der Waals surface area (Å²) in [4.78, 5) is 2.59. The van der Waals surface area contributed by atoms with Gasteiger partial charge < -0.3 is 9.32 Å². The van der Waals surface area contributed by atoms with Crippen LogP contribution in [0.4, 0.5) is 17.1 Å². The van der Waals surface area contributed by atoms with E-state index in [4.69, 9.17) is 4.42 Å². The van der Waals surface area contributed by atoms with E-state index >= 15 is 0 Å². The number of allylic oxidation sites excluding steroid dienone is 2. The summed E-state index contributed by atoms with van der Waals surface area (Å²) in [5.41, 5.74) is 18.1. The Labute approximate surface area is 360 Å². The van der Waals surface area contributed by atoms with Crippen molar-refractivity contribution >= 4 is 66.4 Å². The van der Waals surface area contributed by atoms with E-state index in [-0.39, 0.29) is 17.4 Å². The molecule has 0 radical (unpaired) electrons. The Hall–Kier alpha value is -7.56. The summed E-state index contributed by atoms with van der Waals surface area (Å²) in [6, 6.07) is 68.8. The van der Waals surface area contributed by atoms with Gasteiger partial charge in [-0.25, -0.2) is 0 Å². The molecule has 4 nitrogen and oxygen atoms in total. The van der Waals surface area contributed by atoms with Gasteiger partial charge >= 0.3 is 0 Å². The van der Waals surface area contributed by atoms with E-state index in [0.29, 0.717) is 6.54 Å². The van der Waals surface area contributed by atoms with Crippen molar-refractivity contribution < 1.29 is 4.42 Å². The Morgan fingerprint density at radius 3 is 2.13 bits per heavy atom. The highest BCUT2D eigenvalue weighted by atomic mass is 16.3. The van der Waals surface area contributed by atoms with Gasteiger partial charge in [0, 0.05) is 44.3 Å². The zero-order chi connectivity index (χ0) is 41.1. The molecule has 2 aromatic heterocycles. The lowest BCUT2D eigenvalue weighted by atomic mass is 9.77. The molecule has 62 heavy (non-hydrogen) atoms. The van der Waals surface area contributed by atoms with Crippen LogP contribution in [0, 0.1) is 0 Å². The molecule has 2 unspecified atom stereocenters. The van der Waals surface area contributed by atoms with E-state index in [9.17, 15) is 0 Å². The molecule has 3 aliphatic rings. The second-order valence-corrected chi connectivity index (χ2v) is 17.7. The normalized spacial score (nSPS) is 17.2. The first kappa shape index (κ1) is 35.2. The maximum Gasteiger partial charge on any atom is 0.136 e. The molecule has 2 atom stereocenters. The Morgan fingerprint density at radius 2 is 1.29 bits per heavy atom. The van der Waals surface area contributed by atoms with Gasteiger partial charge in [-0.1, -0.05) is 166 Å². The van der Waals surface area contributed by atoms with Gasteiger partial charge in [-0.15, -0.1) is 0 Å². The van der Waals surface area contributed by atoms with Crippen molar-refractivity contribution in [2.75, 3.05) is 9.91 Å². The average molecular weight is 798 g/mol. The van der Waals surface area contributed by atoms with Crippen molar-refractivity contribution in [1.29, 1.82) is 0 Å². The second-order valence-electron chi connectivity index (χ2n) is 17.7. The van der Waals surface area contributed by atoms with Crippen LogP contribution in [0.1, 0.15) is 42.0 Å². The molecule has 8 aromatic carbocycles. The van der Waals surface area contributed by atoms with Gasteiger partial charge in [-0.05, 0) is 93.1 Å². The van der Waals surface area contributed by atoms with Crippen LogP contribution in [0.5, 0.6) is 0 Å². The fourth-order valence-electron chi connectivity index (χ4n) is 11.1. The van der Waals surface area contributed by atoms with Crippen LogP contribution in [0.2, 0.25) is 0 Å². The maximum absolute atomic E-state index is 6.67. The summed E-state index contributed by atoms with van der Waals surface area (Å²) < 4.78 is 9.09. The quantitative estimate of drug-likeness (QED) is 0.167. The van der Waals surface area contributed by atoms with Crippen molar-refractivity contribution in [3.63, 3.8) is 0 Å². The van der Waals surface area contributed by atoms with Gasteiger partial charge in [0.25, 0.3) is 0 Å². The van der Waals surface area contributed by atoms with Crippen molar-refractivity contribution in [3.8, 4) is 11.1 Å². The average Bonchev–Trinajstić information content (AvgIpc) is 4.03. The summed E-state index contributed by atoms with van der Waals surface area (Å²) in [5, 5.41) is 7.21. The van der Waals surface area contributed by atoms with Gasteiger partial charge in [0.1, 0.15) is 11.2 Å². The minimum Gasteiger partial charge on any atom is -0.456 e. The smallest absolute Gasteiger partial charge is 0.136 e. The third-order valence-electron chi connectivity index (χ3n) is 13.9. The molecule has 2 aliphatic carbocycles. The van der Waals surface area contributed by atoms with Crippen LogP contribution in [-0.4, -0.2) is 10.7 Å². The van der Waals surface area contributed by atoms with Crippen molar-refractivity contribution in [2.45, 2.75) is 37.8 Å². The van der Waals surface area contributed by atoms with E-state index in [2.05, 4.69) is 229 Å². The number of hydrogen-bond donors (Lipinski definition) is 0. The van der Waals surface area contributed by atoms with Gasteiger partial charge in [-0.3, -0.25) is 9.69 Å². The summed E-state index contributed by atoms with van der Waals surface area (Å²) in [6.07, 6.45) is 5.15. The molecule has 296 valence electrons. The molecule has 0 bridgehead atoms. The fourth-order valence-corrected chi connectivity index (χ4v) is 11.1. The van der Waals surface area contributed by atoms with Crippen molar-refractivity contribution in [3.05, 3.63) is 228 Å². The molecular formula is C58H43N3O. The molecule has 0 N–H and O–H groups in total. The number of rotatable bonds is 6. The molecule has 0 spiro atoms. The number of nitrogens with zero attached hydrogens (tertiary/aromatic N) is 3. The van der Waals surface area contributed by atoms with Crippen LogP contribution < -0.4 is 9.91 Å². The zero-order valence-corrected chi connectivity index (χ0v) is 34.7. The third kappa shape index (κ3) is 5.07. The molecule has 0 saturated heterocycles. The molecule has 0 amide bonds. The zero-order valence-electron chi connectivity index (χ0n) is 34.7. The lowest BCUT2D eigenvalue weighted by Crippen LogP contribution is -2.32. The van der Waals surface area contributed by atoms with E-state index in [1.165, 1.54) is 72.1 Å². The SMILES string of the molecule is CC1(C)C2=CC3C(C=C2c2ccccc21)c1ccccc1N3c1cccc(N(Cc2ccc3c(c2)oc2cccc(-c4ccccc4)c23)n2c3ccccc3c3ccccc32)c1. The molecule has 3 heterocycles. The highest BCUT2D eigenvalue weighted by Gasteiger charge is 2.46. The van der Waals surface area contributed by atoms with Crippen LogP contribution in [0.25, 0.3) is 60.4 Å². The number of aromatic nitrogens is 1. The Balaban J connectivity index is 0.968. The van der Waals surface area contributed by atoms with Gasteiger partial charge in [0.15, 0.2) is 0 Å². The van der Waals surface area contributed by atoms with E-state index in [0.717, 1.165) is 33.2 Å². The first-order valence-corrected chi connectivity index (χ1v) is 21.8. The third-order valence-corrected chi connectivity index (χ3v) is 13.9. The van der Waals surface area contributed by atoms with Gasteiger partial charge in [0.05, 0.1) is 29.3 Å². The highest BCUT2D eigenvalue weighted by molar-refractivity contribution is 6.12. The molecule has 13 rings (SSSR count). The number of benzene rings is 8. The minimum atomic E-state index is -0.0763. The van der Waals surface area contributed by atoms with Crippen molar-refractivity contribution in [1.82, 2.24) is 4.68 Å². The first-order chi connectivity index (χ1) is 30.5. The van der Waals surface area contributed by atoms with Gasteiger partial charge in [0.2, 0.25) is 0 Å². The monoisotopic (exact) mass is 797 g/mol. The van der Waals surface area contributed by atoms with E-state index < -0.39 is 0 Å². The predicted octanol–water partition coefficient (Wildman–Crippen LogP) is 14.7. The molecule has 1 aliphatic heterocycles. The maximum atomic E-state index is 6.67. The Kier molecular flexibility index (Phi) is 7.51. The van der Waals surface area contributed by atoms with Crippen molar-refractivity contribution in [2.24, 2.45) is 0 Å². The lowest BCUT2D eigenvalue weighted by Gasteiger charge is -2.34.